The number of methoxy groups -OCH3 is 1. The Morgan fingerprint density at radius 2 is 1.91 bits per heavy atom. The fourth-order valence-corrected chi connectivity index (χ4v) is 4.23. The molecule has 1 amide bonds. The average molecular weight is 438 g/mol. The van der Waals surface area contributed by atoms with Crippen molar-refractivity contribution in [2.45, 2.75) is 31.2 Å². The first-order valence-electron chi connectivity index (χ1n) is 10.5. The number of ether oxygens (including phenoxy) is 1. The number of rotatable bonds is 8. The van der Waals surface area contributed by atoms with E-state index in [1.165, 1.54) is 13.1 Å². The molecule has 1 saturated heterocycles. The molecule has 0 unspecified atom stereocenters. The fraction of sp³-hybridized carbons (Fsp3) is 0.320. The Morgan fingerprint density at radius 1 is 1.22 bits per heavy atom. The van der Waals surface area contributed by atoms with Crippen molar-refractivity contribution >= 4 is 17.9 Å². The maximum absolute atomic E-state index is 14.8. The Labute approximate surface area is 187 Å². The number of aliphatic hydroxyl groups is 1. The van der Waals surface area contributed by atoms with E-state index in [9.17, 15) is 19.1 Å². The molecular weight excluding hydrogens is 411 g/mol. The second-order valence-electron chi connectivity index (χ2n) is 7.66. The molecule has 32 heavy (non-hydrogen) atoms. The minimum absolute atomic E-state index is 0.184. The highest BCUT2D eigenvalue weighted by atomic mass is 19.1. The first kappa shape index (κ1) is 23.2. The van der Waals surface area contributed by atoms with Crippen molar-refractivity contribution in [3.8, 4) is 5.75 Å². The van der Waals surface area contributed by atoms with Crippen molar-refractivity contribution in [3.05, 3.63) is 77.3 Å². The largest absolute Gasteiger partial charge is 0.504 e. The van der Waals surface area contributed by atoms with E-state index < -0.39 is 17.4 Å². The summed E-state index contributed by atoms with van der Waals surface area (Å²) in [5.41, 5.74) is 1.37. The van der Waals surface area contributed by atoms with E-state index in [1.807, 2.05) is 24.3 Å². The Balaban J connectivity index is 1.92. The molecule has 0 aromatic heterocycles. The van der Waals surface area contributed by atoms with Crippen LogP contribution in [0.15, 0.2) is 65.4 Å². The van der Waals surface area contributed by atoms with Gasteiger partial charge in [0.2, 0.25) is 5.78 Å². The van der Waals surface area contributed by atoms with Crippen LogP contribution in [0, 0.1) is 5.82 Å². The summed E-state index contributed by atoms with van der Waals surface area (Å²) < 4.78 is 20.3. The van der Waals surface area contributed by atoms with Crippen LogP contribution in [0.25, 0.3) is 0 Å². The number of hydrogen-bond acceptors (Lipinski definition) is 5. The second-order valence-corrected chi connectivity index (χ2v) is 7.66. The van der Waals surface area contributed by atoms with Crippen LogP contribution in [-0.4, -0.2) is 54.7 Å². The predicted octanol–water partition coefficient (Wildman–Crippen LogP) is 4.06. The molecule has 0 bridgehead atoms. The maximum Gasteiger partial charge on any atom is 0.250 e. The summed E-state index contributed by atoms with van der Waals surface area (Å²) in [5.74, 6) is -1.83. The molecule has 1 fully saturated rings. The van der Waals surface area contributed by atoms with E-state index in [4.69, 9.17) is 4.74 Å². The molecule has 2 atom stereocenters. The highest BCUT2D eigenvalue weighted by Gasteiger charge is 2.33. The van der Waals surface area contributed by atoms with Gasteiger partial charge in [-0.15, -0.1) is 0 Å². The maximum atomic E-state index is 14.8. The fourth-order valence-electron chi connectivity index (χ4n) is 4.23. The third-order valence-electron chi connectivity index (χ3n) is 5.72. The van der Waals surface area contributed by atoms with E-state index in [-0.39, 0.29) is 17.8 Å². The van der Waals surface area contributed by atoms with Gasteiger partial charge < -0.3 is 14.7 Å². The molecule has 0 radical (unpaired) electrons. The highest BCUT2D eigenvalue weighted by molar-refractivity contribution is 6.34. The normalized spacial score (nSPS) is 17.5. The number of Topliss-reactive ketones (excluding diaryl/α,β-unsaturated/α-hetero) is 1. The van der Waals surface area contributed by atoms with Crippen LogP contribution in [0.3, 0.4) is 0 Å². The molecule has 6 nitrogen and oxygen atoms in total. The van der Waals surface area contributed by atoms with Gasteiger partial charge in [0.05, 0.1) is 13.3 Å². The zero-order valence-corrected chi connectivity index (χ0v) is 18.2. The van der Waals surface area contributed by atoms with E-state index in [2.05, 4.69) is 4.99 Å². The molecule has 0 spiro atoms. The van der Waals surface area contributed by atoms with E-state index >= 15 is 0 Å². The molecule has 0 saturated carbocycles. The predicted molar refractivity (Wildman–Crippen MR) is 121 cm³/mol. The minimum atomic E-state index is -0.727. The van der Waals surface area contributed by atoms with Crippen LogP contribution in [0.1, 0.15) is 36.3 Å². The Kier molecular flexibility index (Phi) is 7.76. The van der Waals surface area contributed by atoms with Gasteiger partial charge in [-0.3, -0.25) is 14.6 Å². The molecular formula is C25H27FN2O4. The van der Waals surface area contributed by atoms with Crippen molar-refractivity contribution in [2.24, 2.45) is 4.99 Å². The summed E-state index contributed by atoms with van der Waals surface area (Å²) >= 11 is 0. The second kappa shape index (κ2) is 10.7. The lowest BCUT2D eigenvalue weighted by molar-refractivity contribution is -0.127. The van der Waals surface area contributed by atoms with Gasteiger partial charge in [0.25, 0.3) is 5.91 Å². The molecule has 3 rings (SSSR count). The highest BCUT2D eigenvalue weighted by Crippen LogP contribution is 2.39. The van der Waals surface area contributed by atoms with Gasteiger partial charge in [0.1, 0.15) is 11.6 Å². The number of allylic oxidation sites excluding steroid dienone is 1. The number of benzene rings is 2. The number of carbonyl (C=O) groups excluding carboxylic acids is 2. The molecule has 0 aliphatic carbocycles. The topological polar surface area (TPSA) is 79.2 Å². The van der Waals surface area contributed by atoms with Crippen LogP contribution >= 0.6 is 0 Å². The number of aliphatic hydroxyl groups excluding tert-OH is 1. The number of halogens is 1. The number of ketones is 1. The van der Waals surface area contributed by atoms with Gasteiger partial charge in [-0.1, -0.05) is 36.4 Å². The van der Waals surface area contributed by atoms with Crippen LogP contribution in [-0.2, 0) is 9.59 Å². The van der Waals surface area contributed by atoms with Crippen molar-refractivity contribution in [3.63, 3.8) is 0 Å². The number of likely N-dealkylation sites (tertiary alicyclic amines) is 1. The van der Waals surface area contributed by atoms with Crippen LogP contribution in [0.4, 0.5) is 4.39 Å². The molecule has 1 aliphatic heterocycles. The van der Waals surface area contributed by atoms with Gasteiger partial charge in [-0.25, -0.2) is 4.39 Å². The number of nitrogens with zero attached hydrogens (tertiary/aromatic N) is 2. The zero-order chi connectivity index (χ0) is 23.1. The van der Waals surface area contributed by atoms with Crippen molar-refractivity contribution < 1.29 is 23.8 Å². The average Bonchev–Trinajstić information content (AvgIpc) is 3.26. The zero-order valence-electron chi connectivity index (χ0n) is 18.2. The number of para-hydroxylation sites is 1. The third-order valence-corrected chi connectivity index (χ3v) is 5.72. The lowest BCUT2D eigenvalue weighted by Gasteiger charge is -2.29. The molecule has 1 aliphatic rings. The summed E-state index contributed by atoms with van der Waals surface area (Å²) in [4.78, 5) is 29.7. The Hall–Kier alpha value is -3.48. The standard InChI is InChI=1S/C25H27FN2O4/c1-27-16-23(30)22(29)15-25(31)28-13-7-8-17(28)14-20(18-9-3-5-11-21(18)26)19-10-4-6-12-24(19)32-2/h3-6,9-12,15-17,20,29H,7-8,13-14H2,1-2H3/b22-15-,27-16?/t17-,20+/m1/s1. The van der Waals surface area contributed by atoms with Gasteiger partial charge in [-0.2, -0.15) is 0 Å². The lowest BCUT2D eigenvalue weighted by atomic mass is 9.84. The third kappa shape index (κ3) is 5.22. The summed E-state index contributed by atoms with van der Waals surface area (Å²) in [6, 6.07) is 13.9. The first-order valence-corrected chi connectivity index (χ1v) is 10.5. The Morgan fingerprint density at radius 3 is 2.59 bits per heavy atom. The number of amides is 1. The van der Waals surface area contributed by atoms with Crippen LogP contribution in [0.2, 0.25) is 0 Å². The minimum Gasteiger partial charge on any atom is -0.504 e. The molecule has 1 N–H and O–H groups in total. The lowest BCUT2D eigenvalue weighted by Crippen LogP contribution is -2.36. The summed E-state index contributed by atoms with van der Waals surface area (Å²) in [6.45, 7) is 0.499. The summed E-state index contributed by atoms with van der Waals surface area (Å²) in [7, 11) is 2.98. The van der Waals surface area contributed by atoms with Crippen molar-refractivity contribution in [1.82, 2.24) is 4.90 Å². The van der Waals surface area contributed by atoms with Crippen LogP contribution < -0.4 is 4.74 Å². The quantitative estimate of drug-likeness (QED) is 0.383. The van der Waals surface area contributed by atoms with Crippen LogP contribution in [0.5, 0.6) is 5.75 Å². The van der Waals surface area contributed by atoms with Gasteiger partial charge in [0, 0.05) is 37.2 Å². The molecule has 168 valence electrons. The van der Waals surface area contributed by atoms with E-state index in [0.717, 1.165) is 30.7 Å². The van der Waals surface area contributed by atoms with E-state index in [1.54, 1.807) is 30.2 Å². The summed E-state index contributed by atoms with van der Waals surface area (Å²) in [5, 5.41) is 9.92. The molecule has 2 aromatic rings. The number of carbonyl (C=O) groups is 2. The smallest absolute Gasteiger partial charge is 0.250 e. The molecule has 2 aromatic carbocycles. The monoisotopic (exact) mass is 438 g/mol. The number of aliphatic imine (C=N–C) groups is 1. The van der Waals surface area contributed by atoms with Crippen molar-refractivity contribution in [2.75, 3.05) is 20.7 Å². The first-order chi connectivity index (χ1) is 15.5. The molecule has 1 heterocycles. The molecule has 7 heteroatoms. The van der Waals surface area contributed by atoms with Crippen molar-refractivity contribution in [1.29, 1.82) is 0 Å². The van der Waals surface area contributed by atoms with E-state index in [0.29, 0.717) is 24.3 Å². The summed E-state index contributed by atoms with van der Waals surface area (Å²) in [6.07, 6.45) is 3.89. The van der Waals surface area contributed by atoms with Gasteiger partial charge in [0.15, 0.2) is 5.76 Å². The SMILES string of the molecule is CN=CC(=O)/C(O)=C/C(=O)N1CCC[C@@H]1C[C@@H](c1ccccc1F)c1ccccc1OC. The Bertz CT molecular complexity index is 1030. The van der Waals surface area contributed by atoms with Gasteiger partial charge in [-0.05, 0) is 37.0 Å². The number of hydrogen-bond donors (Lipinski definition) is 1. The van der Waals surface area contributed by atoms with Gasteiger partial charge >= 0.3 is 0 Å².